The molecule has 0 fully saturated rings. The Hall–Kier alpha value is -1.59. The van der Waals surface area contributed by atoms with Crippen LogP contribution < -0.4 is 10.6 Å². The Balaban J connectivity index is 1.95. The molecule has 0 spiro atoms. The third-order valence-electron chi connectivity index (χ3n) is 2.33. The highest BCUT2D eigenvalue weighted by molar-refractivity contribution is 6.30. The van der Waals surface area contributed by atoms with E-state index in [2.05, 4.69) is 41.6 Å². The highest BCUT2D eigenvalue weighted by atomic mass is 35.5. The van der Waals surface area contributed by atoms with Crippen molar-refractivity contribution in [1.82, 2.24) is 15.5 Å². The average molecular weight is 281 g/mol. The van der Waals surface area contributed by atoms with Crippen molar-refractivity contribution in [3.05, 3.63) is 35.2 Å². The van der Waals surface area contributed by atoms with Gasteiger partial charge in [-0.05, 0) is 45.0 Å². The van der Waals surface area contributed by atoms with Crippen molar-refractivity contribution in [1.29, 1.82) is 0 Å². The van der Waals surface area contributed by atoms with E-state index in [-0.39, 0.29) is 5.54 Å². The van der Waals surface area contributed by atoms with Crippen molar-refractivity contribution in [2.24, 2.45) is 0 Å². The van der Waals surface area contributed by atoms with Crippen molar-refractivity contribution < 1.29 is 4.42 Å². The molecule has 0 aliphatic carbocycles. The fraction of sp³-hybridized carbons (Fsp3) is 0.385. The van der Waals surface area contributed by atoms with E-state index >= 15 is 0 Å². The molecule has 102 valence electrons. The predicted molar refractivity (Wildman–Crippen MR) is 75.6 cm³/mol. The summed E-state index contributed by atoms with van der Waals surface area (Å²) in [6.07, 6.45) is 0. The van der Waals surface area contributed by atoms with Crippen LogP contribution in [0, 0.1) is 0 Å². The number of benzene rings is 1. The maximum absolute atomic E-state index is 5.82. The van der Waals surface area contributed by atoms with Gasteiger partial charge in [-0.15, -0.1) is 5.10 Å². The SMILES string of the molecule is CC(C)(C)NCc1nnc(Nc2ccc(Cl)cc2)o1. The summed E-state index contributed by atoms with van der Waals surface area (Å²) >= 11 is 5.82. The summed E-state index contributed by atoms with van der Waals surface area (Å²) in [7, 11) is 0. The zero-order chi connectivity index (χ0) is 13.9. The molecule has 1 aromatic carbocycles. The standard InChI is InChI=1S/C13H17ClN4O/c1-13(2,3)15-8-11-17-18-12(19-11)16-10-6-4-9(14)5-7-10/h4-7,15H,8H2,1-3H3,(H,16,18). The molecular weight excluding hydrogens is 264 g/mol. The lowest BCUT2D eigenvalue weighted by Crippen LogP contribution is -2.35. The number of anilines is 2. The molecule has 0 atom stereocenters. The summed E-state index contributed by atoms with van der Waals surface area (Å²) in [6, 6.07) is 7.65. The molecule has 0 aliphatic heterocycles. The Morgan fingerprint density at radius 3 is 2.47 bits per heavy atom. The van der Waals surface area contributed by atoms with Gasteiger partial charge in [0.15, 0.2) is 0 Å². The third kappa shape index (κ3) is 4.54. The quantitative estimate of drug-likeness (QED) is 0.899. The van der Waals surface area contributed by atoms with Gasteiger partial charge in [0.2, 0.25) is 5.89 Å². The molecule has 0 saturated carbocycles. The summed E-state index contributed by atoms with van der Waals surface area (Å²) < 4.78 is 5.48. The zero-order valence-electron chi connectivity index (χ0n) is 11.2. The van der Waals surface area contributed by atoms with Crippen LogP contribution in [-0.2, 0) is 6.54 Å². The molecule has 6 heteroatoms. The number of rotatable bonds is 4. The van der Waals surface area contributed by atoms with Gasteiger partial charge in [-0.3, -0.25) is 0 Å². The van der Waals surface area contributed by atoms with Crippen LogP contribution in [0.5, 0.6) is 0 Å². The first-order valence-electron chi connectivity index (χ1n) is 6.02. The molecule has 2 aromatic rings. The van der Waals surface area contributed by atoms with Gasteiger partial charge in [0.05, 0.1) is 6.54 Å². The highest BCUT2D eigenvalue weighted by Crippen LogP contribution is 2.18. The van der Waals surface area contributed by atoms with Crippen LogP contribution in [0.3, 0.4) is 0 Å². The molecule has 0 unspecified atom stereocenters. The van der Waals surface area contributed by atoms with Gasteiger partial charge in [-0.1, -0.05) is 16.7 Å². The van der Waals surface area contributed by atoms with Gasteiger partial charge in [-0.25, -0.2) is 0 Å². The van der Waals surface area contributed by atoms with Crippen LogP contribution in [0.2, 0.25) is 5.02 Å². The number of hydrogen-bond donors (Lipinski definition) is 2. The molecule has 0 saturated heterocycles. The van der Waals surface area contributed by atoms with E-state index in [0.717, 1.165) is 5.69 Å². The molecule has 0 radical (unpaired) electrons. The van der Waals surface area contributed by atoms with Crippen LogP contribution in [-0.4, -0.2) is 15.7 Å². The summed E-state index contributed by atoms with van der Waals surface area (Å²) in [5.74, 6) is 0.548. The van der Waals surface area contributed by atoms with Crippen LogP contribution in [0.25, 0.3) is 0 Å². The summed E-state index contributed by atoms with van der Waals surface area (Å²) in [5, 5.41) is 14.9. The second-order valence-electron chi connectivity index (χ2n) is 5.24. The van der Waals surface area contributed by atoms with Gasteiger partial charge in [0, 0.05) is 16.2 Å². The lowest BCUT2D eigenvalue weighted by atomic mass is 10.1. The minimum absolute atomic E-state index is 0.0121. The molecular formula is C13H17ClN4O. The number of nitrogens with zero attached hydrogens (tertiary/aromatic N) is 2. The van der Waals surface area contributed by atoms with Gasteiger partial charge < -0.3 is 15.1 Å². The minimum Gasteiger partial charge on any atom is -0.406 e. The largest absolute Gasteiger partial charge is 0.406 e. The van der Waals surface area contributed by atoms with E-state index in [1.165, 1.54) is 0 Å². The number of halogens is 1. The molecule has 19 heavy (non-hydrogen) atoms. The van der Waals surface area contributed by atoms with E-state index in [1.54, 1.807) is 12.1 Å². The van der Waals surface area contributed by atoms with Crippen molar-refractivity contribution >= 4 is 23.3 Å². The average Bonchev–Trinajstić information content (AvgIpc) is 2.77. The Morgan fingerprint density at radius 2 is 1.84 bits per heavy atom. The van der Waals surface area contributed by atoms with Crippen molar-refractivity contribution in [2.45, 2.75) is 32.9 Å². The lowest BCUT2D eigenvalue weighted by Gasteiger charge is -2.18. The van der Waals surface area contributed by atoms with Gasteiger partial charge in [-0.2, -0.15) is 0 Å². The maximum Gasteiger partial charge on any atom is 0.320 e. The van der Waals surface area contributed by atoms with E-state index in [9.17, 15) is 0 Å². The second kappa shape index (κ2) is 5.59. The normalized spacial score (nSPS) is 11.6. The van der Waals surface area contributed by atoms with Crippen LogP contribution in [0.15, 0.2) is 28.7 Å². The first-order chi connectivity index (χ1) is 8.92. The Morgan fingerprint density at radius 1 is 1.16 bits per heavy atom. The molecule has 0 aliphatic rings. The smallest absolute Gasteiger partial charge is 0.320 e. The topological polar surface area (TPSA) is 63.0 Å². The Bertz CT molecular complexity index is 530. The Labute approximate surface area is 117 Å². The third-order valence-corrected chi connectivity index (χ3v) is 2.58. The first kappa shape index (κ1) is 13.8. The fourth-order valence-corrected chi connectivity index (χ4v) is 1.50. The monoisotopic (exact) mass is 280 g/mol. The maximum atomic E-state index is 5.82. The minimum atomic E-state index is 0.0121. The lowest BCUT2D eigenvalue weighted by molar-refractivity contribution is 0.384. The van der Waals surface area contributed by atoms with Crippen LogP contribution in [0.4, 0.5) is 11.7 Å². The Kier molecular flexibility index (Phi) is 4.07. The van der Waals surface area contributed by atoms with Gasteiger partial charge in [0.25, 0.3) is 0 Å². The molecule has 1 heterocycles. The second-order valence-corrected chi connectivity index (χ2v) is 5.67. The van der Waals surface area contributed by atoms with Crippen molar-refractivity contribution in [3.8, 4) is 0 Å². The summed E-state index contributed by atoms with van der Waals surface area (Å²) in [6.45, 7) is 6.78. The summed E-state index contributed by atoms with van der Waals surface area (Å²) in [4.78, 5) is 0. The number of nitrogens with one attached hydrogen (secondary N) is 2. The summed E-state index contributed by atoms with van der Waals surface area (Å²) in [5.41, 5.74) is 0.862. The molecule has 2 rings (SSSR count). The van der Waals surface area contributed by atoms with E-state index in [0.29, 0.717) is 23.5 Å². The number of hydrogen-bond acceptors (Lipinski definition) is 5. The van der Waals surface area contributed by atoms with Crippen molar-refractivity contribution in [2.75, 3.05) is 5.32 Å². The highest BCUT2D eigenvalue weighted by Gasteiger charge is 2.12. The van der Waals surface area contributed by atoms with E-state index in [4.69, 9.17) is 16.0 Å². The first-order valence-corrected chi connectivity index (χ1v) is 6.40. The zero-order valence-corrected chi connectivity index (χ0v) is 12.0. The van der Waals surface area contributed by atoms with E-state index < -0.39 is 0 Å². The predicted octanol–water partition coefficient (Wildman–Crippen LogP) is 3.35. The van der Waals surface area contributed by atoms with Crippen LogP contribution in [0.1, 0.15) is 26.7 Å². The molecule has 0 amide bonds. The van der Waals surface area contributed by atoms with E-state index in [1.807, 2.05) is 12.1 Å². The molecule has 2 N–H and O–H groups in total. The molecule has 1 aromatic heterocycles. The van der Waals surface area contributed by atoms with Crippen LogP contribution >= 0.6 is 11.6 Å². The van der Waals surface area contributed by atoms with Gasteiger partial charge >= 0.3 is 6.01 Å². The van der Waals surface area contributed by atoms with Gasteiger partial charge in [0.1, 0.15) is 0 Å². The molecule has 5 nitrogen and oxygen atoms in total. The molecule has 0 bridgehead atoms. The fourth-order valence-electron chi connectivity index (χ4n) is 1.37. The number of aromatic nitrogens is 2. The van der Waals surface area contributed by atoms with Crippen molar-refractivity contribution in [3.63, 3.8) is 0 Å².